The molecular formula is C38H47N3O7. The predicted molar refractivity (Wildman–Crippen MR) is 182 cm³/mol. The Bertz CT molecular complexity index is 1530. The molecule has 1 spiro atoms. The van der Waals surface area contributed by atoms with Crippen LogP contribution in [0.15, 0.2) is 73.8 Å². The van der Waals surface area contributed by atoms with E-state index in [4.69, 9.17) is 9.47 Å². The number of anilines is 1. The van der Waals surface area contributed by atoms with Crippen LogP contribution < -0.4 is 10.2 Å². The van der Waals surface area contributed by atoms with Gasteiger partial charge in [-0.05, 0) is 68.7 Å². The van der Waals surface area contributed by atoms with E-state index >= 15 is 0 Å². The number of likely N-dealkylation sites (tertiary alicyclic amines) is 1. The molecule has 256 valence electrons. The molecule has 2 N–H and O–H groups in total. The SMILES string of the molecule is C=CCCC(=O)NC[C@H](OC(=O)[C@@H]1[C@H]2C(=O)N(CCCCO)[C@H](C(=O)N(CC=C)c3cc(C)ccc3C)[C@]23CC[C@H]1O3)c1ccccc1. The number of amides is 3. The third-order valence-corrected chi connectivity index (χ3v) is 9.84. The maximum absolute atomic E-state index is 14.8. The second-order valence-electron chi connectivity index (χ2n) is 13.0. The van der Waals surface area contributed by atoms with Gasteiger partial charge in [-0.1, -0.05) is 54.6 Å². The summed E-state index contributed by atoms with van der Waals surface area (Å²) in [4.78, 5) is 59.0. The molecule has 2 aromatic rings. The molecule has 5 rings (SSSR count). The van der Waals surface area contributed by atoms with Gasteiger partial charge in [0.2, 0.25) is 11.8 Å². The fourth-order valence-corrected chi connectivity index (χ4v) is 7.57. The fourth-order valence-electron chi connectivity index (χ4n) is 7.57. The van der Waals surface area contributed by atoms with Gasteiger partial charge in [-0.3, -0.25) is 19.2 Å². The zero-order valence-corrected chi connectivity index (χ0v) is 27.9. The molecular weight excluding hydrogens is 610 g/mol. The number of nitrogens with one attached hydrogen (secondary N) is 1. The van der Waals surface area contributed by atoms with Crippen molar-refractivity contribution in [2.24, 2.45) is 11.8 Å². The Labute approximate surface area is 282 Å². The van der Waals surface area contributed by atoms with Crippen LogP contribution in [0, 0.1) is 25.7 Å². The van der Waals surface area contributed by atoms with Gasteiger partial charge in [-0.15, -0.1) is 13.2 Å². The molecule has 0 aliphatic carbocycles. The van der Waals surface area contributed by atoms with E-state index in [0.29, 0.717) is 37.7 Å². The number of allylic oxidation sites excluding steroid dienone is 1. The van der Waals surface area contributed by atoms with E-state index in [0.717, 1.165) is 16.8 Å². The van der Waals surface area contributed by atoms with Crippen molar-refractivity contribution in [3.63, 3.8) is 0 Å². The molecule has 3 heterocycles. The second kappa shape index (κ2) is 15.3. The lowest BCUT2D eigenvalue weighted by Gasteiger charge is -2.37. The van der Waals surface area contributed by atoms with Crippen molar-refractivity contribution in [1.29, 1.82) is 0 Å². The Morgan fingerprint density at radius 1 is 1.15 bits per heavy atom. The average Bonchev–Trinajstić information content (AvgIpc) is 3.73. The summed E-state index contributed by atoms with van der Waals surface area (Å²) in [6.07, 6.45) is 4.63. The summed E-state index contributed by atoms with van der Waals surface area (Å²) in [6.45, 7) is 11.9. The molecule has 2 bridgehead atoms. The number of benzene rings is 2. The van der Waals surface area contributed by atoms with Crippen molar-refractivity contribution in [2.75, 3.05) is 31.1 Å². The van der Waals surface area contributed by atoms with E-state index in [-0.39, 0.29) is 50.4 Å². The molecule has 3 amide bonds. The number of esters is 1. The van der Waals surface area contributed by atoms with Crippen molar-refractivity contribution in [1.82, 2.24) is 10.2 Å². The Hall–Kier alpha value is -4.28. The number of unbranched alkanes of at least 4 members (excludes halogenated alkanes) is 1. The van der Waals surface area contributed by atoms with Gasteiger partial charge < -0.3 is 29.7 Å². The quantitative estimate of drug-likeness (QED) is 0.156. The summed E-state index contributed by atoms with van der Waals surface area (Å²) >= 11 is 0. The zero-order chi connectivity index (χ0) is 34.4. The van der Waals surface area contributed by atoms with Crippen molar-refractivity contribution in [3.8, 4) is 0 Å². The number of aryl methyl sites for hydroxylation is 2. The smallest absolute Gasteiger partial charge is 0.313 e. The van der Waals surface area contributed by atoms with Gasteiger partial charge in [0.15, 0.2) is 0 Å². The largest absolute Gasteiger partial charge is 0.455 e. The summed E-state index contributed by atoms with van der Waals surface area (Å²) in [7, 11) is 0. The predicted octanol–water partition coefficient (Wildman–Crippen LogP) is 4.34. The Kier molecular flexibility index (Phi) is 11.2. The topological polar surface area (TPSA) is 125 Å². The van der Waals surface area contributed by atoms with E-state index in [1.54, 1.807) is 22.0 Å². The molecule has 0 saturated carbocycles. The number of fused-ring (bicyclic) bond motifs is 1. The van der Waals surface area contributed by atoms with Gasteiger partial charge in [0.1, 0.15) is 17.7 Å². The first kappa shape index (κ1) is 35.0. The maximum Gasteiger partial charge on any atom is 0.313 e. The van der Waals surface area contributed by atoms with Crippen LogP contribution in [0.3, 0.4) is 0 Å². The first-order chi connectivity index (χ1) is 23.2. The first-order valence-electron chi connectivity index (χ1n) is 16.9. The number of aliphatic hydroxyl groups is 1. The van der Waals surface area contributed by atoms with Crippen LogP contribution in [0.1, 0.15) is 61.3 Å². The second-order valence-corrected chi connectivity index (χ2v) is 13.0. The van der Waals surface area contributed by atoms with Crippen LogP contribution in [-0.4, -0.2) is 77.7 Å². The van der Waals surface area contributed by atoms with Gasteiger partial charge in [0, 0.05) is 31.8 Å². The lowest BCUT2D eigenvalue weighted by Crippen LogP contribution is -2.56. The van der Waals surface area contributed by atoms with Crippen molar-refractivity contribution in [2.45, 2.75) is 76.2 Å². The lowest BCUT2D eigenvalue weighted by atomic mass is 9.70. The molecule has 3 aliphatic rings. The molecule has 2 aromatic carbocycles. The van der Waals surface area contributed by atoms with Gasteiger partial charge in [-0.2, -0.15) is 0 Å². The number of rotatable bonds is 16. The molecule has 3 saturated heterocycles. The number of carbonyl (C=O) groups excluding carboxylic acids is 4. The van der Waals surface area contributed by atoms with E-state index in [1.807, 2.05) is 62.4 Å². The van der Waals surface area contributed by atoms with Crippen LogP contribution >= 0.6 is 0 Å². The summed E-state index contributed by atoms with van der Waals surface area (Å²) in [5.74, 6) is -3.20. The van der Waals surface area contributed by atoms with E-state index in [2.05, 4.69) is 18.5 Å². The van der Waals surface area contributed by atoms with E-state index < -0.39 is 41.7 Å². The molecule has 3 fully saturated rings. The fraction of sp³-hybridized carbons (Fsp3) is 0.474. The number of hydrogen-bond donors (Lipinski definition) is 2. The highest BCUT2D eigenvalue weighted by molar-refractivity contribution is 6.05. The van der Waals surface area contributed by atoms with Crippen LogP contribution in [0.4, 0.5) is 5.69 Å². The number of nitrogens with zero attached hydrogens (tertiary/aromatic N) is 2. The van der Waals surface area contributed by atoms with Gasteiger partial charge >= 0.3 is 5.97 Å². The molecule has 6 atom stereocenters. The third-order valence-electron chi connectivity index (χ3n) is 9.84. The first-order valence-corrected chi connectivity index (χ1v) is 16.9. The molecule has 10 nitrogen and oxygen atoms in total. The minimum Gasteiger partial charge on any atom is -0.455 e. The molecule has 0 aromatic heterocycles. The molecule has 10 heteroatoms. The highest BCUT2D eigenvalue weighted by Gasteiger charge is 2.75. The van der Waals surface area contributed by atoms with Gasteiger partial charge in [0.05, 0.1) is 24.5 Å². The van der Waals surface area contributed by atoms with Crippen molar-refractivity contribution >= 4 is 29.4 Å². The molecule has 0 radical (unpaired) electrons. The Balaban J connectivity index is 1.46. The average molecular weight is 658 g/mol. The third kappa shape index (κ3) is 6.82. The minimum absolute atomic E-state index is 0.0428. The van der Waals surface area contributed by atoms with Crippen LogP contribution in [0.2, 0.25) is 0 Å². The zero-order valence-electron chi connectivity index (χ0n) is 27.9. The van der Waals surface area contributed by atoms with Crippen molar-refractivity contribution < 1.29 is 33.8 Å². The van der Waals surface area contributed by atoms with Gasteiger partial charge in [-0.25, -0.2) is 0 Å². The van der Waals surface area contributed by atoms with Crippen LogP contribution in [0.5, 0.6) is 0 Å². The molecule has 0 unspecified atom stereocenters. The summed E-state index contributed by atoms with van der Waals surface area (Å²) in [5, 5.41) is 12.4. The number of carbonyl (C=O) groups is 4. The number of hydrogen-bond acceptors (Lipinski definition) is 7. The Morgan fingerprint density at radius 2 is 1.92 bits per heavy atom. The van der Waals surface area contributed by atoms with E-state index in [1.165, 1.54) is 0 Å². The standard InChI is InChI=1S/C38H47N3O7/c1-5-7-15-31(43)39-24-30(27-13-9-8-10-14-27)47-37(46)32-29-18-19-38(48-29)33(32)35(44)41(21-11-12-22-42)34(38)36(45)40(20-6-2)28-23-25(3)16-17-26(28)4/h5-6,8-10,13-14,16-17,23,29-30,32-34,42H,1-2,7,11-12,15,18-22,24H2,3-4H3,(H,39,43)/t29-,30+,32+,33+,34-,38+/m1/s1. The van der Waals surface area contributed by atoms with Crippen LogP contribution in [-0.2, 0) is 28.7 Å². The lowest BCUT2D eigenvalue weighted by molar-refractivity contribution is -0.160. The minimum atomic E-state index is -1.21. The van der Waals surface area contributed by atoms with E-state index in [9.17, 15) is 24.3 Å². The van der Waals surface area contributed by atoms with Gasteiger partial charge in [0.25, 0.3) is 5.91 Å². The highest BCUT2D eigenvalue weighted by atomic mass is 16.6. The summed E-state index contributed by atoms with van der Waals surface area (Å²) < 4.78 is 12.8. The molecule has 3 aliphatic heterocycles. The summed E-state index contributed by atoms with van der Waals surface area (Å²) in [5.41, 5.74) is 2.12. The van der Waals surface area contributed by atoms with Crippen molar-refractivity contribution in [3.05, 3.63) is 90.5 Å². The highest BCUT2D eigenvalue weighted by Crippen LogP contribution is 2.59. The maximum atomic E-state index is 14.8. The summed E-state index contributed by atoms with van der Waals surface area (Å²) in [6, 6.07) is 14.1. The Morgan fingerprint density at radius 3 is 2.62 bits per heavy atom. The normalized spacial score (nSPS) is 24.6. The number of ether oxygens (including phenoxy) is 2. The monoisotopic (exact) mass is 657 g/mol. The molecule has 48 heavy (non-hydrogen) atoms. The number of aliphatic hydroxyl groups excluding tert-OH is 1. The van der Waals surface area contributed by atoms with Crippen LogP contribution in [0.25, 0.3) is 0 Å².